The predicted octanol–water partition coefficient (Wildman–Crippen LogP) is 0.654. The number of aldehydes is 1. The molecule has 110 valence electrons. The van der Waals surface area contributed by atoms with Crippen LogP contribution in [0.25, 0.3) is 0 Å². The van der Waals surface area contributed by atoms with E-state index in [2.05, 4.69) is 0 Å². The van der Waals surface area contributed by atoms with Crippen molar-refractivity contribution in [2.75, 3.05) is 6.54 Å². The number of carbonyl (C=O) groups is 2. The number of nitrogens with zero attached hydrogens (tertiary/aromatic N) is 1. The molecule has 0 aliphatic heterocycles. The average molecular weight is 279 g/mol. The maximum Gasteiger partial charge on any atom is 0.225 e. The first kappa shape index (κ1) is 16.3. The third-order valence-electron chi connectivity index (χ3n) is 3.27. The number of benzene rings is 1. The minimum atomic E-state index is -1.52. The monoisotopic (exact) mass is 279 g/mol. The van der Waals surface area contributed by atoms with Crippen LogP contribution in [0, 0.1) is 6.92 Å². The number of hydrogen-bond acceptors (Lipinski definition) is 4. The van der Waals surface area contributed by atoms with E-state index >= 15 is 0 Å². The van der Waals surface area contributed by atoms with Gasteiger partial charge < -0.3 is 19.9 Å². The lowest BCUT2D eigenvalue weighted by molar-refractivity contribution is -0.136. The predicted molar refractivity (Wildman–Crippen MR) is 75.0 cm³/mol. The van der Waals surface area contributed by atoms with Gasteiger partial charge in [0.2, 0.25) is 5.91 Å². The molecule has 0 heterocycles. The second-order valence-electron chi connectivity index (χ2n) is 4.73. The zero-order chi connectivity index (χ0) is 15.1. The molecule has 0 aromatic heterocycles. The van der Waals surface area contributed by atoms with Crippen LogP contribution in [-0.2, 0) is 16.1 Å². The molecule has 0 bridgehead atoms. The van der Waals surface area contributed by atoms with E-state index in [1.807, 2.05) is 38.1 Å². The molecule has 0 saturated carbocycles. The molecule has 5 nitrogen and oxygen atoms in total. The molecule has 0 fully saturated rings. The van der Waals surface area contributed by atoms with Crippen LogP contribution in [0.2, 0.25) is 0 Å². The van der Waals surface area contributed by atoms with Gasteiger partial charge in [0, 0.05) is 13.1 Å². The summed E-state index contributed by atoms with van der Waals surface area (Å²) < 4.78 is 0. The van der Waals surface area contributed by atoms with Gasteiger partial charge in [0.1, 0.15) is 6.10 Å². The van der Waals surface area contributed by atoms with Gasteiger partial charge in [-0.05, 0) is 25.0 Å². The second-order valence-corrected chi connectivity index (χ2v) is 4.73. The molecule has 2 atom stereocenters. The van der Waals surface area contributed by atoms with Crippen molar-refractivity contribution >= 4 is 12.2 Å². The van der Waals surface area contributed by atoms with Gasteiger partial charge in [-0.15, -0.1) is 0 Å². The molecule has 0 radical (unpaired) electrons. The number of aryl methyl sites for hydroxylation is 1. The summed E-state index contributed by atoms with van der Waals surface area (Å²) in [6.45, 7) is 4.76. The lowest BCUT2D eigenvalue weighted by atomic mass is 10.1. The van der Waals surface area contributed by atoms with Crippen LogP contribution in [0.1, 0.15) is 24.5 Å². The molecule has 5 heteroatoms. The van der Waals surface area contributed by atoms with Crippen molar-refractivity contribution in [3.8, 4) is 0 Å². The minimum Gasteiger partial charge on any atom is -0.389 e. The fourth-order valence-electron chi connectivity index (χ4n) is 1.89. The van der Waals surface area contributed by atoms with Crippen molar-refractivity contribution < 1.29 is 19.8 Å². The van der Waals surface area contributed by atoms with Gasteiger partial charge in [-0.3, -0.25) is 4.79 Å². The summed E-state index contributed by atoms with van der Waals surface area (Å²) in [5, 5.41) is 18.7. The highest BCUT2D eigenvalue weighted by atomic mass is 16.3. The van der Waals surface area contributed by atoms with E-state index in [-0.39, 0.29) is 18.6 Å². The van der Waals surface area contributed by atoms with Crippen LogP contribution in [0.15, 0.2) is 24.3 Å². The van der Waals surface area contributed by atoms with Gasteiger partial charge in [0.25, 0.3) is 0 Å². The summed E-state index contributed by atoms with van der Waals surface area (Å²) in [6.07, 6.45) is -2.91. The van der Waals surface area contributed by atoms with E-state index in [0.717, 1.165) is 11.1 Å². The highest BCUT2D eigenvalue weighted by molar-refractivity contribution is 5.77. The lowest BCUT2D eigenvalue weighted by Crippen LogP contribution is -2.37. The fraction of sp³-hybridized carbons (Fsp3) is 0.467. The largest absolute Gasteiger partial charge is 0.389 e. The van der Waals surface area contributed by atoms with Crippen LogP contribution in [0.3, 0.4) is 0 Å². The maximum atomic E-state index is 12.1. The minimum absolute atomic E-state index is 0.232. The van der Waals surface area contributed by atoms with Gasteiger partial charge in [0.05, 0.1) is 12.5 Å². The molecule has 20 heavy (non-hydrogen) atoms. The number of aliphatic hydroxyl groups excluding tert-OH is 2. The van der Waals surface area contributed by atoms with Gasteiger partial charge >= 0.3 is 0 Å². The van der Waals surface area contributed by atoms with Crippen LogP contribution >= 0.6 is 0 Å². The zero-order valence-electron chi connectivity index (χ0n) is 11.8. The van der Waals surface area contributed by atoms with Crippen molar-refractivity contribution in [2.45, 2.75) is 39.0 Å². The summed E-state index contributed by atoms with van der Waals surface area (Å²) in [7, 11) is 0. The maximum absolute atomic E-state index is 12.1. The van der Waals surface area contributed by atoms with E-state index < -0.39 is 12.2 Å². The molecular formula is C15H21NO4. The van der Waals surface area contributed by atoms with Crippen LogP contribution in [0.4, 0.5) is 0 Å². The Morgan fingerprint density at radius 2 is 2.00 bits per heavy atom. The zero-order valence-corrected chi connectivity index (χ0v) is 11.8. The molecule has 1 amide bonds. The Morgan fingerprint density at radius 1 is 1.35 bits per heavy atom. The molecule has 1 aromatic carbocycles. The molecular weight excluding hydrogens is 258 g/mol. The van der Waals surface area contributed by atoms with Gasteiger partial charge in [-0.25, -0.2) is 0 Å². The molecule has 2 N–H and O–H groups in total. The van der Waals surface area contributed by atoms with Crippen LogP contribution in [-0.4, -0.2) is 46.1 Å². The third-order valence-corrected chi connectivity index (χ3v) is 3.27. The third kappa shape index (κ3) is 4.43. The van der Waals surface area contributed by atoms with Gasteiger partial charge in [-0.1, -0.05) is 24.3 Å². The first-order valence-corrected chi connectivity index (χ1v) is 6.63. The van der Waals surface area contributed by atoms with E-state index in [1.54, 1.807) is 4.90 Å². The molecule has 1 rings (SSSR count). The van der Waals surface area contributed by atoms with E-state index in [9.17, 15) is 19.8 Å². The Morgan fingerprint density at radius 3 is 2.55 bits per heavy atom. The first-order chi connectivity index (χ1) is 9.49. The van der Waals surface area contributed by atoms with Crippen molar-refractivity contribution in [1.82, 2.24) is 4.90 Å². The Kier molecular flexibility index (Phi) is 6.35. The standard InChI is InChI=1S/C15H21NO4/c1-3-16(9-12-7-5-4-6-11(12)2)15(20)8-13(18)14(19)10-17/h4-7,10,13-14,18-19H,3,8-9H2,1-2H3/t13-,14?/m0/s1. The summed E-state index contributed by atoms with van der Waals surface area (Å²) in [4.78, 5) is 24.0. The van der Waals surface area contributed by atoms with E-state index in [4.69, 9.17) is 0 Å². The molecule has 0 saturated heterocycles. The average Bonchev–Trinajstić information content (AvgIpc) is 2.45. The van der Waals surface area contributed by atoms with Gasteiger partial charge in [0.15, 0.2) is 6.29 Å². The lowest BCUT2D eigenvalue weighted by Gasteiger charge is -2.23. The van der Waals surface area contributed by atoms with E-state index in [1.165, 1.54) is 0 Å². The van der Waals surface area contributed by atoms with Crippen LogP contribution in [0.5, 0.6) is 0 Å². The number of aliphatic hydroxyl groups is 2. The fourth-order valence-corrected chi connectivity index (χ4v) is 1.89. The van der Waals surface area contributed by atoms with E-state index in [0.29, 0.717) is 13.1 Å². The Hall–Kier alpha value is -1.72. The molecule has 1 aromatic rings. The number of carbonyl (C=O) groups excluding carboxylic acids is 2. The number of hydrogen-bond donors (Lipinski definition) is 2. The Bertz CT molecular complexity index is 461. The highest BCUT2D eigenvalue weighted by Gasteiger charge is 2.22. The summed E-state index contributed by atoms with van der Waals surface area (Å²) in [5.41, 5.74) is 2.13. The van der Waals surface area contributed by atoms with Crippen molar-refractivity contribution in [1.29, 1.82) is 0 Å². The SMILES string of the molecule is CCN(Cc1ccccc1C)C(=O)C[C@H](O)C(O)C=O. The molecule has 0 aliphatic carbocycles. The quantitative estimate of drug-likeness (QED) is 0.719. The summed E-state index contributed by atoms with van der Waals surface area (Å²) in [6, 6.07) is 7.76. The van der Waals surface area contributed by atoms with Gasteiger partial charge in [-0.2, -0.15) is 0 Å². The topological polar surface area (TPSA) is 77.8 Å². The highest BCUT2D eigenvalue weighted by Crippen LogP contribution is 2.12. The number of amides is 1. The van der Waals surface area contributed by atoms with Crippen molar-refractivity contribution in [3.63, 3.8) is 0 Å². The second kappa shape index (κ2) is 7.77. The Balaban J connectivity index is 2.69. The van der Waals surface area contributed by atoms with Crippen LogP contribution < -0.4 is 0 Å². The number of rotatable bonds is 7. The molecule has 1 unspecified atom stereocenters. The normalized spacial score (nSPS) is 13.6. The summed E-state index contributed by atoms with van der Waals surface area (Å²) >= 11 is 0. The Labute approximate surface area is 118 Å². The molecule has 0 spiro atoms. The first-order valence-electron chi connectivity index (χ1n) is 6.63. The van der Waals surface area contributed by atoms with Crippen molar-refractivity contribution in [2.24, 2.45) is 0 Å². The smallest absolute Gasteiger partial charge is 0.225 e. The van der Waals surface area contributed by atoms with Crippen molar-refractivity contribution in [3.05, 3.63) is 35.4 Å². The molecule has 0 aliphatic rings. The summed E-state index contributed by atoms with van der Waals surface area (Å²) in [5.74, 6) is -0.288.